The number of aromatic hydroxyl groups is 1. The maximum absolute atomic E-state index is 14.7. The molecule has 1 aromatic carbocycles. The summed E-state index contributed by atoms with van der Waals surface area (Å²) in [6, 6.07) is 5.34. The van der Waals surface area contributed by atoms with Crippen LogP contribution in [0.1, 0.15) is 36.6 Å². The Balaban J connectivity index is 1.82. The molecule has 2 aliphatic rings. The second kappa shape index (κ2) is 12.4. The number of fused-ring (bicyclic) bond motifs is 1. The van der Waals surface area contributed by atoms with E-state index in [9.17, 15) is 29.1 Å². The summed E-state index contributed by atoms with van der Waals surface area (Å²) in [5.74, 6) is -4.62. The van der Waals surface area contributed by atoms with Crippen molar-refractivity contribution in [3.8, 4) is 23.1 Å². The number of phenolic OH excluding ortho intramolecular Hbond substituents is 1. The average molecular weight is 676 g/mol. The van der Waals surface area contributed by atoms with E-state index in [-0.39, 0.29) is 33.9 Å². The van der Waals surface area contributed by atoms with Crippen molar-refractivity contribution in [1.29, 1.82) is 5.26 Å². The molecule has 45 heavy (non-hydrogen) atoms. The van der Waals surface area contributed by atoms with Gasteiger partial charge in [-0.3, -0.25) is 14.7 Å². The van der Waals surface area contributed by atoms with Crippen molar-refractivity contribution < 1.29 is 23.8 Å². The predicted molar refractivity (Wildman–Crippen MR) is 168 cm³/mol. The lowest BCUT2D eigenvalue weighted by atomic mass is 9.95. The molecule has 2 aromatic heterocycles. The third kappa shape index (κ3) is 5.36. The van der Waals surface area contributed by atoms with Gasteiger partial charge in [0.1, 0.15) is 17.5 Å². The van der Waals surface area contributed by atoms with Crippen LogP contribution in [0.3, 0.4) is 0 Å². The summed E-state index contributed by atoms with van der Waals surface area (Å²) in [5.41, 5.74) is 1.71. The quantitative estimate of drug-likeness (QED) is 0.178. The van der Waals surface area contributed by atoms with E-state index < -0.39 is 39.2 Å². The van der Waals surface area contributed by atoms with Gasteiger partial charge in [-0.15, -0.1) is 0 Å². The number of anilines is 2. The number of carbonyl (C=O) groups is 1. The van der Waals surface area contributed by atoms with Gasteiger partial charge in [-0.2, -0.15) is 9.65 Å². The number of benzene rings is 1. The van der Waals surface area contributed by atoms with E-state index in [4.69, 9.17) is 39.8 Å². The van der Waals surface area contributed by atoms with Crippen LogP contribution >= 0.6 is 34.8 Å². The van der Waals surface area contributed by atoms with Crippen LogP contribution in [-0.4, -0.2) is 68.3 Å². The third-order valence-electron chi connectivity index (χ3n) is 7.82. The van der Waals surface area contributed by atoms with Crippen molar-refractivity contribution >= 4 is 57.9 Å². The number of carbonyl (C=O) groups excluding carboxylic acids is 1. The van der Waals surface area contributed by atoms with Crippen LogP contribution in [-0.2, 0) is 4.79 Å². The van der Waals surface area contributed by atoms with Gasteiger partial charge in [-0.1, -0.05) is 55.2 Å². The minimum absolute atomic E-state index is 0.00803. The van der Waals surface area contributed by atoms with Gasteiger partial charge in [0.15, 0.2) is 17.8 Å². The highest BCUT2D eigenvalue weighted by Gasteiger charge is 2.40. The predicted octanol–water partition coefficient (Wildman–Crippen LogP) is 6.55. The Hall–Kier alpha value is -3.95. The Labute approximate surface area is 273 Å². The molecule has 1 unspecified atom stereocenters. The summed E-state index contributed by atoms with van der Waals surface area (Å²) < 4.78 is 29.1. The monoisotopic (exact) mass is 674 g/mol. The molecule has 5 rings (SSSR count). The highest BCUT2D eigenvalue weighted by atomic mass is 35.5. The van der Waals surface area contributed by atoms with Crippen molar-refractivity contribution in [3.05, 3.63) is 80.1 Å². The first-order chi connectivity index (χ1) is 21.3. The second-order valence-corrected chi connectivity index (χ2v) is 12.0. The largest absolute Gasteiger partial charge is 0.504 e. The van der Waals surface area contributed by atoms with Gasteiger partial charge in [0.25, 0.3) is 0 Å². The number of amides is 1. The molecule has 1 atom stereocenters. The normalized spacial score (nSPS) is 16.6. The molecule has 0 bridgehead atoms. The maximum atomic E-state index is 14.7. The number of aliphatic hydroxyl groups is 1. The van der Waals surface area contributed by atoms with E-state index in [1.807, 2.05) is 25.7 Å². The number of piperazine rings is 1. The zero-order chi connectivity index (χ0) is 32.9. The highest BCUT2D eigenvalue weighted by molar-refractivity contribution is 6.44. The van der Waals surface area contributed by atoms with Crippen LogP contribution in [0.15, 0.2) is 36.6 Å². The molecule has 0 saturated carbocycles. The Morgan fingerprint density at radius 2 is 1.84 bits per heavy atom. The maximum Gasteiger partial charge on any atom is 0.246 e. The van der Waals surface area contributed by atoms with Crippen molar-refractivity contribution in [2.45, 2.75) is 32.9 Å². The Morgan fingerprint density at radius 1 is 1.18 bits per heavy atom. The van der Waals surface area contributed by atoms with Crippen LogP contribution in [0.2, 0.25) is 15.1 Å². The molecular formula is C31H27Cl3F2N6O3. The fourth-order valence-corrected chi connectivity index (χ4v) is 6.31. The molecule has 4 heterocycles. The Bertz CT molecular complexity index is 1790. The van der Waals surface area contributed by atoms with Gasteiger partial charge in [0.2, 0.25) is 11.7 Å². The van der Waals surface area contributed by atoms with E-state index in [1.165, 1.54) is 17.0 Å². The second-order valence-electron chi connectivity index (χ2n) is 10.8. The number of hydrogen-bond donors (Lipinski definition) is 2. The van der Waals surface area contributed by atoms with Crippen LogP contribution in [0.25, 0.3) is 17.0 Å². The van der Waals surface area contributed by atoms with Gasteiger partial charge >= 0.3 is 0 Å². The first-order valence-electron chi connectivity index (χ1n) is 13.8. The number of aromatic nitrogens is 2. The summed E-state index contributed by atoms with van der Waals surface area (Å²) in [7, 11) is 0. The minimum Gasteiger partial charge on any atom is -0.504 e. The van der Waals surface area contributed by atoms with E-state index >= 15 is 0 Å². The smallest absolute Gasteiger partial charge is 0.246 e. The summed E-state index contributed by atoms with van der Waals surface area (Å²) >= 11 is 19.0. The van der Waals surface area contributed by atoms with Gasteiger partial charge in [-0.25, -0.2) is 9.37 Å². The van der Waals surface area contributed by atoms with Gasteiger partial charge in [-0.05, 0) is 36.6 Å². The first kappa shape index (κ1) is 32.4. The average Bonchev–Trinajstić information content (AvgIpc) is 3.02. The summed E-state index contributed by atoms with van der Waals surface area (Å²) in [6.07, 6.45) is 1.28. The molecule has 234 valence electrons. The zero-order valence-corrected chi connectivity index (χ0v) is 26.6. The molecule has 2 N–H and O–H groups in total. The van der Waals surface area contributed by atoms with Gasteiger partial charge < -0.3 is 20.0 Å². The summed E-state index contributed by atoms with van der Waals surface area (Å²) in [5, 5.41) is 31.6. The van der Waals surface area contributed by atoms with Crippen molar-refractivity contribution in [2.75, 3.05) is 31.1 Å². The topological polar surface area (TPSA) is 117 Å². The molecule has 3 aromatic rings. The van der Waals surface area contributed by atoms with E-state index in [0.717, 1.165) is 0 Å². The number of aliphatic hydroxyl groups excluding tert-OH is 1. The molecule has 1 fully saturated rings. The summed E-state index contributed by atoms with van der Waals surface area (Å²) in [4.78, 5) is 26.4. The molecule has 0 spiro atoms. The zero-order valence-electron chi connectivity index (χ0n) is 24.4. The number of phenols is 1. The highest BCUT2D eigenvalue weighted by Crippen LogP contribution is 2.50. The fourth-order valence-electron chi connectivity index (χ4n) is 5.63. The minimum atomic E-state index is -1.64. The lowest BCUT2D eigenvalue weighted by Gasteiger charge is -2.43. The van der Waals surface area contributed by atoms with Crippen molar-refractivity contribution in [1.82, 2.24) is 19.8 Å². The molecule has 14 heteroatoms. The molecular weight excluding hydrogens is 649 g/mol. The first-order valence-corrected chi connectivity index (χ1v) is 15.0. The number of nitriles is 1. The molecule has 1 amide bonds. The fraction of sp³-hybridized carbons (Fsp3) is 0.290. The van der Waals surface area contributed by atoms with Crippen LogP contribution in [0.5, 0.6) is 5.75 Å². The number of rotatable bonds is 5. The number of nitrogens with zero attached hydrogens (tertiary/aromatic N) is 6. The summed E-state index contributed by atoms with van der Waals surface area (Å²) in [6.45, 7) is 10.4. The molecule has 2 aliphatic heterocycles. The Morgan fingerprint density at radius 3 is 2.44 bits per heavy atom. The molecule has 0 radical (unpaired) electrons. The van der Waals surface area contributed by atoms with Crippen molar-refractivity contribution in [2.24, 2.45) is 0 Å². The lowest BCUT2D eigenvalue weighted by Crippen LogP contribution is -2.49. The number of pyridine rings is 2. The third-order valence-corrected chi connectivity index (χ3v) is 8.94. The van der Waals surface area contributed by atoms with Crippen LogP contribution in [0, 0.1) is 29.9 Å². The standard InChI is InChI=1S/C31H27Cl3F2N6O3/c1-5-19(43)40-8-10-41(11-9-40)28-16-12-18(32)26(20-21(33)22(34)23(35)24(36)29(20)44)39-30(16)42(31(45)17(28)13-37)27-15(4)6-7-38-25(27)14(2)3/h5-7,12,14,31,44-45H,1,8-11H2,2-4H3. The van der Waals surface area contributed by atoms with E-state index in [0.29, 0.717) is 54.4 Å². The van der Waals surface area contributed by atoms with E-state index in [1.54, 1.807) is 17.2 Å². The van der Waals surface area contributed by atoms with Crippen LogP contribution < -0.4 is 4.90 Å². The molecule has 0 aliphatic carbocycles. The van der Waals surface area contributed by atoms with Crippen molar-refractivity contribution in [3.63, 3.8) is 0 Å². The van der Waals surface area contributed by atoms with E-state index in [2.05, 4.69) is 17.6 Å². The lowest BCUT2D eigenvalue weighted by molar-refractivity contribution is -0.127. The molecule has 1 saturated heterocycles. The number of halogens is 5. The molecule has 9 nitrogen and oxygen atoms in total. The number of aryl methyl sites for hydroxylation is 1. The van der Waals surface area contributed by atoms with Gasteiger partial charge in [0.05, 0.1) is 43.4 Å². The Kier molecular flexibility index (Phi) is 8.97. The SMILES string of the molecule is C=CC(=O)N1CCN(C2=C(C#N)C(O)N(c3c(C)ccnc3C(C)C)c3nc(-c4c(O)c(F)c(F)c(Cl)c4Cl)c(Cl)cc32)CC1. The van der Waals surface area contributed by atoms with Crippen LogP contribution in [0.4, 0.5) is 20.3 Å². The van der Waals surface area contributed by atoms with Gasteiger partial charge in [0, 0.05) is 37.9 Å². The number of hydrogen-bond acceptors (Lipinski definition) is 8.